The molecule has 0 bridgehead atoms. The number of esters is 1. The molecular weight excluding hydrogens is 462 g/mol. The summed E-state index contributed by atoms with van der Waals surface area (Å²) in [5, 5.41) is 42.6. The van der Waals surface area contributed by atoms with Crippen LogP contribution in [-0.4, -0.2) is 82.4 Å². The molecule has 4 rings (SSSR count). The van der Waals surface area contributed by atoms with Gasteiger partial charge in [0.2, 0.25) is 0 Å². The number of rotatable bonds is 7. The Bertz CT molecular complexity index is 1120. The van der Waals surface area contributed by atoms with E-state index in [1.165, 1.54) is 25.5 Å². The summed E-state index contributed by atoms with van der Waals surface area (Å²) in [6.07, 6.45) is 0.944. The molecule has 0 aromatic carbocycles. The summed E-state index contributed by atoms with van der Waals surface area (Å²) in [6, 6.07) is 1.71. The predicted molar refractivity (Wildman–Crippen MR) is 119 cm³/mol. The molecule has 1 aromatic heterocycles. The highest BCUT2D eigenvalue weighted by molar-refractivity contribution is 5.90. The van der Waals surface area contributed by atoms with Crippen LogP contribution >= 0.6 is 0 Å². The second kappa shape index (κ2) is 9.96. The molecule has 8 unspecified atom stereocenters. The van der Waals surface area contributed by atoms with Crippen molar-refractivity contribution in [3.05, 3.63) is 47.1 Å². The highest BCUT2D eigenvalue weighted by atomic mass is 16.7. The fourth-order valence-corrected chi connectivity index (χ4v) is 5.03. The number of aliphatic hydroxyl groups excluding tert-OH is 3. The predicted octanol–water partition coefficient (Wildman–Crippen LogP) is -1.85. The summed E-state index contributed by atoms with van der Waals surface area (Å²) < 4.78 is 22.4. The Hall–Kier alpha value is -2.96. The molecule has 35 heavy (non-hydrogen) atoms. The minimum atomic E-state index is -1.58. The highest BCUT2D eigenvalue weighted by Gasteiger charge is 2.57. The molecule has 0 amide bonds. The van der Waals surface area contributed by atoms with Crippen molar-refractivity contribution < 1.29 is 49.0 Å². The molecule has 1 aliphatic carbocycles. The third kappa shape index (κ3) is 4.41. The van der Waals surface area contributed by atoms with Crippen LogP contribution in [0.1, 0.15) is 12.8 Å². The van der Waals surface area contributed by atoms with Crippen molar-refractivity contribution >= 4 is 24.3 Å². The average Bonchev–Trinajstić information content (AvgIpc) is 3.31. The van der Waals surface area contributed by atoms with Gasteiger partial charge in [0.1, 0.15) is 18.3 Å². The van der Waals surface area contributed by atoms with Gasteiger partial charge in [-0.2, -0.15) is 6.20 Å². The first-order chi connectivity index (χ1) is 16.7. The normalized spacial score (nSPS) is 36.1. The molecule has 11 nitrogen and oxygen atoms in total. The van der Waals surface area contributed by atoms with Crippen molar-refractivity contribution in [3.8, 4) is 0 Å². The molecule has 190 valence electrons. The van der Waals surface area contributed by atoms with Gasteiger partial charge < -0.3 is 44.4 Å². The van der Waals surface area contributed by atoms with Gasteiger partial charge in [-0.3, -0.25) is 4.79 Å². The minimum absolute atomic E-state index is 0.174. The number of aliphatic hydroxyl groups is 3. The summed E-state index contributed by atoms with van der Waals surface area (Å²) in [6.45, 7) is 3.22. The molecule has 3 aliphatic rings. The molecule has 1 aromatic rings. The van der Waals surface area contributed by atoms with Crippen LogP contribution in [-0.2, 0) is 28.5 Å². The summed E-state index contributed by atoms with van der Waals surface area (Å²) in [7, 11) is 1.21. The number of ether oxygens (including phenoxy) is 4. The van der Waals surface area contributed by atoms with Crippen molar-refractivity contribution in [2.45, 2.75) is 49.1 Å². The van der Waals surface area contributed by atoms with E-state index in [0.29, 0.717) is 10.6 Å². The summed E-state index contributed by atoms with van der Waals surface area (Å²) in [4.78, 5) is 27.8. The minimum Gasteiger partial charge on any atom is -0.661 e. The molecule has 1 fully saturated rings. The zero-order valence-corrected chi connectivity index (χ0v) is 19.0. The Kier molecular flexibility index (Phi) is 7.15. The van der Waals surface area contributed by atoms with Crippen LogP contribution in [0.5, 0.6) is 0 Å². The number of carbonyl (C=O) groups is 2. The number of carboxylic acid groups (broad SMARTS) is 1. The van der Waals surface area contributed by atoms with Gasteiger partial charge in [0.05, 0.1) is 32.5 Å². The van der Waals surface area contributed by atoms with Gasteiger partial charge in [0, 0.05) is 17.4 Å². The van der Waals surface area contributed by atoms with E-state index in [2.05, 4.69) is 11.6 Å². The molecule has 2 aliphatic heterocycles. The van der Waals surface area contributed by atoms with Crippen LogP contribution in [0.25, 0.3) is 12.3 Å². The van der Waals surface area contributed by atoms with E-state index in [1.54, 1.807) is 18.3 Å². The van der Waals surface area contributed by atoms with Crippen molar-refractivity contribution in [1.29, 1.82) is 0 Å². The third-order valence-electron chi connectivity index (χ3n) is 6.81. The monoisotopic (exact) mass is 490 g/mol. The topological polar surface area (TPSA) is 166 Å². The first-order valence-corrected chi connectivity index (χ1v) is 11.1. The standard InChI is InChI=1S/C24H28NO10/c1-3-13-15(8-19(27)28)14(22(31)32-2)4-5-17(13)34-23-20(29)21(30)24(18(10-26)35-23)9-12-6-7-25-16(12)11-33-24/h3-4,6-7,9,11,13,15,17-18,20-21,23,26,29-30H,1,5,8,10H2,2H3,(H,27,28)/q-1. The number of carboxylic acids is 1. The van der Waals surface area contributed by atoms with Gasteiger partial charge in [-0.15, -0.1) is 6.58 Å². The first-order valence-electron chi connectivity index (χ1n) is 11.1. The lowest BCUT2D eigenvalue weighted by Gasteiger charge is -2.50. The second-order valence-electron chi connectivity index (χ2n) is 8.71. The van der Waals surface area contributed by atoms with Crippen molar-refractivity contribution in [2.24, 2.45) is 11.8 Å². The fourth-order valence-electron chi connectivity index (χ4n) is 5.03. The van der Waals surface area contributed by atoms with E-state index < -0.39 is 66.7 Å². The highest BCUT2D eigenvalue weighted by Crippen LogP contribution is 2.40. The Labute approximate surface area is 200 Å². The van der Waals surface area contributed by atoms with Crippen LogP contribution in [0, 0.1) is 11.8 Å². The lowest BCUT2D eigenvalue weighted by molar-refractivity contribution is -0.326. The average molecular weight is 490 g/mol. The fraction of sp³-hybridized carbons (Fsp3) is 0.500. The van der Waals surface area contributed by atoms with Gasteiger partial charge >= 0.3 is 11.9 Å². The van der Waals surface area contributed by atoms with E-state index in [-0.39, 0.29) is 18.4 Å². The molecule has 0 saturated carbocycles. The summed E-state index contributed by atoms with van der Waals surface area (Å²) in [5.74, 6) is -3.18. The number of fused-ring (bicyclic) bond motifs is 1. The van der Waals surface area contributed by atoms with Crippen molar-refractivity contribution in [2.75, 3.05) is 13.7 Å². The molecule has 1 spiro atoms. The second-order valence-corrected chi connectivity index (χ2v) is 8.71. The third-order valence-corrected chi connectivity index (χ3v) is 6.81. The van der Waals surface area contributed by atoms with Gasteiger partial charge in [-0.05, 0) is 17.7 Å². The van der Waals surface area contributed by atoms with Crippen LogP contribution in [0.3, 0.4) is 0 Å². The maximum atomic E-state index is 12.2. The van der Waals surface area contributed by atoms with E-state index >= 15 is 0 Å². The van der Waals surface area contributed by atoms with Gasteiger partial charge in [-0.25, -0.2) is 4.79 Å². The van der Waals surface area contributed by atoms with Crippen LogP contribution < -0.4 is 15.6 Å². The Balaban J connectivity index is 1.59. The lowest BCUT2D eigenvalue weighted by Crippen LogP contribution is -2.68. The van der Waals surface area contributed by atoms with Gasteiger partial charge in [0.25, 0.3) is 0 Å². The van der Waals surface area contributed by atoms with Crippen LogP contribution in [0.2, 0.25) is 0 Å². The molecular formula is C24H28NO10-. The van der Waals surface area contributed by atoms with Crippen molar-refractivity contribution in [3.63, 3.8) is 0 Å². The lowest BCUT2D eigenvalue weighted by atomic mass is 9.74. The molecule has 3 heterocycles. The number of aliphatic carboxylic acids is 1. The van der Waals surface area contributed by atoms with Crippen molar-refractivity contribution in [1.82, 2.24) is 4.98 Å². The number of carbonyl (C=O) groups excluding carboxylic acids is 1. The van der Waals surface area contributed by atoms with E-state index in [1.807, 2.05) is 0 Å². The van der Waals surface area contributed by atoms with E-state index in [9.17, 15) is 30.0 Å². The largest absolute Gasteiger partial charge is 0.661 e. The van der Waals surface area contributed by atoms with Crippen LogP contribution in [0.15, 0.2) is 36.6 Å². The Morgan fingerprint density at radius 2 is 2.14 bits per heavy atom. The Morgan fingerprint density at radius 3 is 2.80 bits per heavy atom. The smallest absolute Gasteiger partial charge is 0.333 e. The van der Waals surface area contributed by atoms with E-state index in [4.69, 9.17) is 18.9 Å². The van der Waals surface area contributed by atoms with Gasteiger partial charge in [-0.1, -0.05) is 23.6 Å². The molecule has 11 heteroatoms. The molecule has 1 saturated heterocycles. The summed E-state index contributed by atoms with van der Waals surface area (Å²) in [5.41, 5.74) is -1.37. The number of hydrogen-bond acceptors (Lipinski definition) is 9. The SMILES string of the molecule is C=CC1C(OC2OC(CO)C3(C=c4cc[n-]c4=CO3)C(O)C2O)CC=C(C(=O)OC)C1CC(=O)O. The first kappa shape index (κ1) is 25.1. The molecule has 8 atom stereocenters. The Morgan fingerprint density at radius 1 is 1.37 bits per heavy atom. The number of hydrogen-bond donors (Lipinski definition) is 4. The van der Waals surface area contributed by atoms with Crippen LogP contribution in [0.4, 0.5) is 0 Å². The maximum absolute atomic E-state index is 12.2. The zero-order chi connectivity index (χ0) is 25.3. The number of methoxy groups -OCH3 is 1. The summed E-state index contributed by atoms with van der Waals surface area (Å²) >= 11 is 0. The van der Waals surface area contributed by atoms with E-state index in [0.717, 1.165) is 0 Å². The maximum Gasteiger partial charge on any atom is 0.333 e. The molecule has 0 radical (unpaired) electrons. The zero-order valence-electron chi connectivity index (χ0n) is 19.0. The van der Waals surface area contributed by atoms with Gasteiger partial charge in [0.15, 0.2) is 11.9 Å². The molecule has 4 N–H and O–H groups in total. The number of nitrogens with zero attached hydrogens (tertiary/aromatic N) is 1. The quantitative estimate of drug-likeness (QED) is 0.250. The number of aromatic nitrogens is 1.